The molecule has 0 radical (unpaired) electrons. The van der Waals surface area contributed by atoms with Gasteiger partial charge in [0.15, 0.2) is 5.78 Å². The zero-order valence-corrected chi connectivity index (χ0v) is 12.2. The zero-order valence-electron chi connectivity index (χ0n) is 12.2. The van der Waals surface area contributed by atoms with Crippen LogP contribution in [0.2, 0.25) is 0 Å². The molecule has 0 aliphatic carbocycles. The molecule has 0 saturated heterocycles. The Balaban J connectivity index is 2.18. The van der Waals surface area contributed by atoms with Gasteiger partial charge in [0.05, 0.1) is 23.7 Å². The van der Waals surface area contributed by atoms with Crippen LogP contribution in [0.3, 0.4) is 0 Å². The van der Waals surface area contributed by atoms with Gasteiger partial charge in [-0.05, 0) is 36.8 Å². The summed E-state index contributed by atoms with van der Waals surface area (Å²) in [5.74, 6) is 0.685. The van der Waals surface area contributed by atoms with Crippen molar-refractivity contribution in [1.82, 2.24) is 0 Å². The highest BCUT2D eigenvalue weighted by molar-refractivity contribution is 5.98. The summed E-state index contributed by atoms with van der Waals surface area (Å²) in [5, 5.41) is 11.0. The van der Waals surface area contributed by atoms with Crippen LogP contribution in [0.15, 0.2) is 42.5 Å². The Labute approximate surface area is 127 Å². The van der Waals surface area contributed by atoms with Crippen molar-refractivity contribution < 1.29 is 19.2 Å². The summed E-state index contributed by atoms with van der Waals surface area (Å²) >= 11 is 0. The smallest absolute Gasteiger partial charge is 0.283 e. The molecule has 0 aliphatic rings. The lowest BCUT2D eigenvalue weighted by Crippen LogP contribution is -2.02. The van der Waals surface area contributed by atoms with Crippen LogP contribution < -0.4 is 9.47 Å². The minimum absolute atomic E-state index is 0.0683. The summed E-state index contributed by atoms with van der Waals surface area (Å²) in [7, 11) is 1.57. The summed E-state index contributed by atoms with van der Waals surface area (Å²) in [6.07, 6.45) is 0. The van der Waals surface area contributed by atoms with Gasteiger partial charge in [-0.2, -0.15) is 0 Å². The molecule has 0 spiro atoms. The van der Waals surface area contributed by atoms with Crippen LogP contribution in [0.1, 0.15) is 22.8 Å². The lowest BCUT2D eigenvalue weighted by atomic mass is 10.1. The van der Waals surface area contributed by atoms with E-state index >= 15 is 0 Å². The van der Waals surface area contributed by atoms with Gasteiger partial charge in [-0.3, -0.25) is 14.9 Å². The Bertz CT molecular complexity index is 711. The van der Waals surface area contributed by atoms with Gasteiger partial charge in [0.25, 0.3) is 5.69 Å². The quantitative estimate of drug-likeness (QED) is 0.464. The van der Waals surface area contributed by atoms with E-state index in [1.54, 1.807) is 13.2 Å². The maximum Gasteiger partial charge on any atom is 0.283 e. The maximum atomic E-state index is 11.4. The van der Waals surface area contributed by atoms with Crippen LogP contribution in [0.25, 0.3) is 0 Å². The Morgan fingerprint density at radius 3 is 2.59 bits per heavy atom. The summed E-state index contributed by atoms with van der Waals surface area (Å²) in [4.78, 5) is 21.8. The predicted molar refractivity (Wildman–Crippen MR) is 80.4 cm³/mol. The highest BCUT2D eigenvalue weighted by Gasteiger charge is 2.18. The summed E-state index contributed by atoms with van der Waals surface area (Å²) in [6, 6.07) is 11.5. The van der Waals surface area contributed by atoms with E-state index in [9.17, 15) is 14.9 Å². The topological polar surface area (TPSA) is 78.7 Å². The van der Waals surface area contributed by atoms with Crippen molar-refractivity contribution in [3.8, 4) is 11.5 Å². The first-order chi connectivity index (χ1) is 10.5. The van der Waals surface area contributed by atoms with Crippen molar-refractivity contribution in [2.75, 3.05) is 7.11 Å². The number of carbonyl (C=O) groups is 1. The number of Topliss-reactive ketones (excluding diaryl/α,β-unsaturated/α-hetero) is 1. The normalized spacial score (nSPS) is 10.1. The molecule has 0 atom stereocenters. The molecule has 0 heterocycles. The van der Waals surface area contributed by atoms with Crippen molar-refractivity contribution in [1.29, 1.82) is 0 Å². The number of hydrogen-bond donors (Lipinski definition) is 0. The van der Waals surface area contributed by atoms with Crippen LogP contribution in [0.4, 0.5) is 5.69 Å². The Morgan fingerprint density at radius 2 is 1.95 bits per heavy atom. The van der Waals surface area contributed by atoms with Gasteiger partial charge in [-0.25, -0.2) is 0 Å². The molecule has 114 valence electrons. The number of rotatable bonds is 6. The molecular weight excluding hydrogens is 286 g/mol. The second-order valence-corrected chi connectivity index (χ2v) is 4.63. The molecule has 0 fully saturated rings. The molecule has 0 N–H and O–H groups in total. The molecule has 0 aromatic heterocycles. The van der Waals surface area contributed by atoms with Gasteiger partial charge in [0.1, 0.15) is 18.1 Å². The van der Waals surface area contributed by atoms with E-state index in [-0.39, 0.29) is 23.6 Å². The fraction of sp³-hybridized carbons (Fsp3) is 0.188. The van der Waals surface area contributed by atoms with Gasteiger partial charge in [-0.15, -0.1) is 0 Å². The van der Waals surface area contributed by atoms with Crippen LogP contribution in [0.5, 0.6) is 11.5 Å². The van der Waals surface area contributed by atoms with E-state index in [1.807, 2.05) is 24.3 Å². The molecular formula is C16H15NO5. The molecule has 0 unspecified atom stereocenters. The predicted octanol–water partition coefficient (Wildman–Crippen LogP) is 3.39. The molecule has 0 bridgehead atoms. The second kappa shape index (κ2) is 6.71. The number of ether oxygens (including phenoxy) is 2. The number of hydrogen-bond acceptors (Lipinski definition) is 5. The van der Waals surface area contributed by atoms with Crippen LogP contribution >= 0.6 is 0 Å². The van der Waals surface area contributed by atoms with Gasteiger partial charge >= 0.3 is 0 Å². The van der Waals surface area contributed by atoms with Crippen molar-refractivity contribution in [3.63, 3.8) is 0 Å². The standard InChI is InChI=1S/C16H15NO5/c1-11(18)15-7-6-14(9-16(15)17(19)20)22-10-12-4-3-5-13(8-12)21-2/h3-9H,10H2,1-2H3. The zero-order chi connectivity index (χ0) is 16.1. The number of nitrogens with zero attached hydrogens (tertiary/aromatic N) is 1. The third kappa shape index (κ3) is 3.60. The fourth-order valence-electron chi connectivity index (χ4n) is 1.98. The largest absolute Gasteiger partial charge is 0.497 e. The number of nitro benzene ring substituents is 1. The van der Waals surface area contributed by atoms with Gasteiger partial charge in [-0.1, -0.05) is 12.1 Å². The Morgan fingerprint density at radius 1 is 1.18 bits per heavy atom. The molecule has 0 saturated carbocycles. The maximum absolute atomic E-state index is 11.4. The molecule has 0 amide bonds. The minimum atomic E-state index is -0.588. The van der Waals surface area contributed by atoms with Crippen LogP contribution in [0, 0.1) is 10.1 Å². The van der Waals surface area contributed by atoms with E-state index in [1.165, 1.54) is 19.1 Å². The van der Waals surface area contributed by atoms with Crippen molar-refractivity contribution in [2.24, 2.45) is 0 Å². The highest BCUT2D eigenvalue weighted by atomic mass is 16.6. The van der Waals surface area contributed by atoms with Crippen molar-refractivity contribution >= 4 is 11.5 Å². The first-order valence-electron chi connectivity index (χ1n) is 6.56. The number of carbonyl (C=O) groups excluding carboxylic acids is 1. The number of ketones is 1. The SMILES string of the molecule is COc1cccc(COc2ccc(C(C)=O)c([N+](=O)[O-])c2)c1. The first-order valence-corrected chi connectivity index (χ1v) is 6.56. The summed E-state index contributed by atoms with van der Waals surface area (Å²) < 4.78 is 10.7. The van der Waals surface area contributed by atoms with E-state index in [4.69, 9.17) is 9.47 Å². The molecule has 0 aliphatic heterocycles. The van der Waals surface area contributed by atoms with E-state index in [2.05, 4.69) is 0 Å². The minimum Gasteiger partial charge on any atom is -0.497 e. The third-order valence-corrected chi connectivity index (χ3v) is 3.08. The Kier molecular flexibility index (Phi) is 4.73. The third-order valence-electron chi connectivity index (χ3n) is 3.08. The molecule has 6 nitrogen and oxygen atoms in total. The number of nitro groups is 1. The molecule has 2 aromatic rings. The lowest BCUT2D eigenvalue weighted by molar-refractivity contribution is -0.385. The van der Waals surface area contributed by atoms with Crippen molar-refractivity contribution in [2.45, 2.75) is 13.5 Å². The number of benzene rings is 2. The molecule has 22 heavy (non-hydrogen) atoms. The Hall–Kier alpha value is -2.89. The van der Waals surface area contributed by atoms with Crippen molar-refractivity contribution in [3.05, 3.63) is 63.7 Å². The van der Waals surface area contributed by atoms with Gasteiger partial charge in [0.2, 0.25) is 0 Å². The van der Waals surface area contributed by atoms with Gasteiger partial charge in [0, 0.05) is 0 Å². The van der Waals surface area contributed by atoms with E-state index in [0.29, 0.717) is 11.5 Å². The monoisotopic (exact) mass is 301 g/mol. The van der Waals surface area contributed by atoms with E-state index in [0.717, 1.165) is 5.56 Å². The van der Waals surface area contributed by atoms with Crippen LogP contribution in [-0.2, 0) is 6.61 Å². The molecule has 2 aromatic carbocycles. The fourth-order valence-corrected chi connectivity index (χ4v) is 1.98. The highest BCUT2D eigenvalue weighted by Crippen LogP contribution is 2.26. The average Bonchev–Trinajstić information content (AvgIpc) is 2.52. The first kappa shape index (κ1) is 15.5. The lowest BCUT2D eigenvalue weighted by Gasteiger charge is -2.08. The van der Waals surface area contributed by atoms with Gasteiger partial charge < -0.3 is 9.47 Å². The summed E-state index contributed by atoms with van der Waals surface area (Å²) in [6.45, 7) is 1.53. The molecule has 6 heteroatoms. The number of methoxy groups -OCH3 is 1. The van der Waals surface area contributed by atoms with Crippen LogP contribution in [-0.4, -0.2) is 17.8 Å². The second-order valence-electron chi connectivity index (χ2n) is 4.63. The van der Waals surface area contributed by atoms with E-state index < -0.39 is 4.92 Å². The average molecular weight is 301 g/mol. The molecule has 2 rings (SSSR count). The summed E-state index contributed by atoms with van der Waals surface area (Å²) in [5.41, 5.74) is 0.687.